The molecular weight excluding hydrogens is 381 g/mol. The van der Waals surface area contributed by atoms with E-state index < -0.39 is 0 Å². The molecule has 0 aliphatic rings. The number of fused-ring (bicyclic) bond motifs is 1. The number of carbonyl (C=O) groups excluding carboxylic acids is 2. The van der Waals surface area contributed by atoms with Crippen molar-refractivity contribution in [3.63, 3.8) is 0 Å². The molecule has 0 saturated carbocycles. The van der Waals surface area contributed by atoms with Crippen LogP contribution in [0.15, 0.2) is 78.9 Å². The number of benzene rings is 3. The van der Waals surface area contributed by atoms with Gasteiger partial charge in [-0.3, -0.25) is 9.59 Å². The predicted molar refractivity (Wildman–Crippen MR) is 116 cm³/mol. The standard InChI is InChI=1S/C24H18FN3O2/c1-15(29)26-18-5-4-6-19(13-18)27-24(30)21-14-23(16-9-11-17(25)12-10-16)28-22-8-3-2-7-20(21)22/h2-14H,1H3,(H,26,29)(H,27,30). The number of halogens is 1. The van der Waals surface area contributed by atoms with Crippen molar-refractivity contribution in [2.24, 2.45) is 0 Å². The van der Waals surface area contributed by atoms with E-state index in [1.807, 2.05) is 24.3 Å². The maximum Gasteiger partial charge on any atom is 0.256 e. The molecule has 148 valence electrons. The van der Waals surface area contributed by atoms with Crippen LogP contribution in [0.5, 0.6) is 0 Å². The summed E-state index contributed by atoms with van der Waals surface area (Å²) in [5.74, 6) is -0.837. The second-order valence-corrected chi connectivity index (χ2v) is 6.80. The number of aromatic nitrogens is 1. The van der Waals surface area contributed by atoms with Gasteiger partial charge in [-0.15, -0.1) is 0 Å². The minimum absolute atomic E-state index is 0.192. The van der Waals surface area contributed by atoms with Crippen molar-refractivity contribution in [3.05, 3.63) is 90.2 Å². The zero-order chi connectivity index (χ0) is 21.1. The van der Waals surface area contributed by atoms with E-state index in [1.165, 1.54) is 19.1 Å². The number of nitrogens with zero attached hydrogens (tertiary/aromatic N) is 1. The summed E-state index contributed by atoms with van der Waals surface area (Å²) in [5, 5.41) is 6.27. The van der Waals surface area contributed by atoms with Crippen LogP contribution in [0.4, 0.5) is 15.8 Å². The molecule has 0 fully saturated rings. The molecule has 0 aliphatic heterocycles. The number of hydrogen-bond donors (Lipinski definition) is 2. The van der Waals surface area contributed by atoms with Crippen LogP contribution in [0.2, 0.25) is 0 Å². The molecule has 1 heterocycles. The first-order chi connectivity index (χ1) is 14.5. The van der Waals surface area contributed by atoms with E-state index in [1.54, 1.807) is 42.5 Å². The highest BCUT2D eigenvalue weighted by molar-refractivity contribution is 6.13. The van der Waals surface area contributed by atoms with Gasteiger partial charge in [0.2, 0.25) is 5.91 Å². The monoisotopic (exact) mass is 399 g/mol. The molecule has 0 spiro atoms. The lowest BCUT2D eigenvalue weighted by atomic mass is 10.0. The van der Waals surface area contributed by atoms with Gasteiger partial charge in [-0.05, 0) is 54.6 Å². The molecule has 0 atom stereocenters. The second-order valence-electron chi connectivity index (χ2n) is 6.80. The van der Waals surface area contributed by atoms with Gasteiger partial charge in [0.15, 0.2) is 0 Å². The van der Waals surface area contributed by atoms with Crippen LogP contribution in [0.1, 0.15) is 17.3 Å². The van der Waals surface area contributed by atoms with Crippen LogP contribution in [-0.2, 0) is 4.79 Å². The summed E-state index contributed by atoms with van der Waals surface area (Å²) in [6, 6.07) is 21.9. The number of hydrogen-bond acceptors (Lipinski definition) is 3. The Labute approximate surface area is 172 Å². The minimum atomic E-state index is -0.337. The van der Waals surface area contributed by atoms with Crippen molar-refractivity contribution in [3.8, 4) is 11.3 Å². The first-order valence-corrected chi connectivity index (χ1v) is 9.34. The Kier molecular flexibility index (Phi) is 5.22. The normalized spacial score (nSPS) is 10.6. The molecule has 1 aromatic heterocycles. The fraction of sp³-hybridized carbons (Fsp3) is 0.0417. The lowest BCUT2D eigenvalue weighted by molar-refractivity contribution is -0.114. The molecule has 5 nitrogen and oxygen atoms in total. The molecular formula is C24H18FN3O2. The number of para-hydroxylation sites is 1. The minimum Gasteiger partial charge on any atom is -0.326 e. The van der Waals surface area contributed by atoms with Crippen LogP contribution in [0.3, 0.4) is 0 Å². The van der Waals surface area contributed by atoms with Gasteiger partial charge in [-0.2, -0.15) is 0 Å². The van der Waals surface area contributed by atoms with Crippen LogP contribution in [0.25, 0.3) is 22.2 Å². The van der Waals surface area contributed by atoms with Crippen LogP contribution in [-0.4, -0.2) is 16.8 Å². The van der Waals surface area contributed by atoms with Crippen LogP contribution in [0, 0.1) is 5.82 Å². The Bertz CT molecular complexity index is 1250. The maximum atomic E-state index is 13.3. The van der Waals surface area contributed by atoms with Gasteiger partial charge in [-0.25, -0.2) is 9.37 Å². The first-order valence-electron chi connectivity index (χ1n) is 9.34. The largest absolute Gasteiger partial charge is 0.326 e. The molecule has 4 rings (SSSR count). The van der Waals surface area contributed by atoms with Gasteiger partial charge < -0.3 is 10.6 Å². The van der Waals surface area contributed by atoms with Crippen LogP contribution >= 0.6 is 0 Å². The number of rotatable bonds is 4. The summed E-state index contributed by atoms with van der Waals surface area (Å²) < 4.78 is 13.3. The summed E-state index contributed by atoms with van der Waals surface area (Å²) in [5.41, 5.74) is 3.54. The number of amides is 2. The second kappa shape index (κ2) is 8.13. The summed E-state index contributed by atoms with van der Waals surface area (Å²) in [6.45, 7) is 1.42. The fourth-order valence-corrected chi connectivity index (χ4v) is 3.21. The van der Waals surface area contributed by atoms with E-state index in [0.29, 0.717) is 39.1 Å². The topological polar surface area (TPSA) is 71.1 Å². The van der Waals surface area contributed by atoms with E-state index in [9.17, 15) is 14.0 Å². The van der Waals surface area contributed by atoms with Crippen molar-refractivity contribution < 1.29 is 14.0 Å². The summed E-state index contributed by atoms with van der Waals surface area (Å²) >= 11 is 0. The molecule has 0 bridgehead atoms. The Morgan fingerprint density at radius 1 is 0.833 bits per heavy atom. The van der Waals surface area contributed by atoms with Gasteiger partial charge in [0.1, 0.15) is 5.82 Å². The Morgan fingerprint density at radius 2 is 1.53 bits per heavy atom. The SMILES string of the molecule is CC(=O)Nc1cccc(NC(=O)c2cc(-c3ccc(F)cc3)nc3ccccc23)c1. The van der Waals surface area contributed by atoms with Crippen molar-refractivity contribution in [1.29, 1.82) is 0 Å². The van der Waals surface area contributed by atoms with E-state index in [-0.39, 0.29) is 17.6 Å². The highest BCUT2D eigenvalue weighted by Gasteiger charge is 2.14. The quantitative estimate of drug-likeness (QED) is 0.492. The molecule has 0 aliphatic carbocycles. The zero-order valence-electron chi connectivity index (χ0n) is 16.1. The fourth-order valence-electron chi connectivity index (χ4n) is 3.21. The Morgan fingerprint density at radius 3 is 2.27 bits per heavy atom. The zero-order valence-corrected chi connectivity index (χ0v) is 16.1. The third-order valence-corrected chi connectivity index (χ3v) is 4.54. The Hall–Kier alpha value is -4.06. The summed E-state index contributed by atoms with van der Waals surface area (Å²) in [6.07, 6.45) is 0. The van der Waals surface area contributed by atoms with Gasteiger partial charge in [0.25, 0.3) is 5.91 Å². The molecule has 0 saturated heterocycles. The van der Waals surface area contributed by atoms with Gasteiger partial charge >= 0.3 is 0 Å². The number of carbonyl (C=O) groups is 2. The summed E-state index contributed by atoms with van der Waals surface area (Å²) in [7, 11) is 0. The molecule has 30 heavy (non-hydrogen) atoms. The average molecular weight is 399 g/mol. The molecule has 0 unspecified atom stereocenters. The molecule has 6 heteroatoms. The highest BCUT2D eigenvalue weighted by Crippen LogP contribution is 2.26. The van der Waals surface area contributed by atoms with Crippen molar-refractivity contribution in [2.45, 2.75) is 6.92 Å². The Balaban J connectivity index is 1.73. The first kappa shape index (κ1) is 19.3. The van der Waals surface area contributed by atoms with Gasteiger partial charge in [0, 0.05) is 29.2 Å². The maximum absolute atomic E-state index is 13.3. The van der Waals surface area contributed by atoms with E-state index >= 15 is 0 Å². The number of nitrogens with one attached hydrogen (secondary N) is 2. The molecule has 2 N–H and O–H groups in total. The molecule has 3 aromatic carbocycles. The number of anilines is 2. The molecule has 4 aromatic rings. The predicted octanol–water partition coefficient (Wildman–Crippen LogP) is 5.25. The smallest absolute Gasteiger partial charge is 0.256 e. The van der Waals surface area contributed by atoms with Crippen LogP contribution < -0.4 is 10.6 Å². The summed E-state index contributed by atoms with van der Waals surface area (Å²) in [4.78, 5) is 29.0. The van der Waals surface area contributed by atoms with E-state index in [0.717, 1.165) is 0 Å². The van der Waals surface area contributed by atoms with Gasteiger partial charge in [0.05, 0.1) is 16.8 Å². The third kappa shape index (κ3) is 4.17. The molecule has 0 radical (unpaired) electrons. The van der Waals surface area contributed by atoms with Crippen molar-refractivity contribution >= 4 is 34.1 Å². The lowest BCUT2D eigenvalue weighted by Gasteiger charge is -2.12. The van der Waals surface area contributed by atoms with E-state index in [2.05, 4.69) is 15.6 Å². The number of pyridine rings is 1. The molecule has 2 amide bonds. The van der Waals surface area contributed by atoms with Gasteiger partial charge in [-0.1, -0.05) is 24.3 Å². The lowest BCUT2D eigenvalue weighted by Crippen LogP contribution is -2.13. The van der Waals surface area contributed by atoms with Crippen molar-refractivity contribution in [1.82, 2.24) is 4.98 Å². The highest BCUT2D eigenvalue weighted by atomic mass is 19.1. The van der Waals surface area contributed by atoms with Crippen molar-refractivity contribution in [2.75, 3.05) is 10.6 Å². The third-order valence-electron chi connectivity index (χ3n) is 4.54. The van der Waals surface area contributed by atoms with E-state index in [4.69, 9.17) is 0 Å². The average Bonchev–Trinajstić information content (AvgIpc) is 2.73.